The molecule has 1 atom stereocenters. The van der Waals surface area contributed by atoms with Crippen LogP contribution in [0, 0.1) is 5.92 Å². The van der Waals surface area contributed by atoms with Crippen LogP contribution in [0.4, 0.5) is 0 Å². The molecule has 2 aromatic rings. The predicted octanol–water partition coefficient (Wildman–Crippen LogP) is 4.70. The molecule has 0 nitrogen and oxygen atoms in total. The Labute approximate surface area is 98.6 Å². The fourth-order valence-electron chi connectivity index (χ4n) is 2.40. The minimum absolute atomic E-state index is 0.712. The first-order valence-electron chi connectivity index (χ1n) is 5.38. The first kappa shape index (κ1) is 9.61. The van der Waals surface area contributed by atoms with Gasteiger partial charge in [-0.05, 0) is 35.7 Å². The molecule has 0 spiro atoms. The largest absolute Gasteiger partial charge is 0.149 e. The van der Waals surface area contributed by atoms with E-state index in [9.17, 15) is 0 Å². The number of hydrogen-bond acceptors (Lipinski definition) is 2. The Kier molecular flexibility index (Phi) is 2.63. The summed E-state index contributed by atoms with van der Waals surface area (Å²) in [6.07, 6.45) is 3.99. The molecule has 2 heterocycles. The van der Waals surface area contributed by atoms with E-state index in [0.29, 0.717) is 5.92 Å². The fourth-order valence-corrected chi connectivity index (χ4v) is 4.16. The summed E-state index contributed by atoms with van der Waals surface area (Å²) < 4.78 is 0. The molecule has 0 aliphatic heterocycles. The van der Waals surface area contributed by atoms with Gasteiger partial charge in [0, 0.05) is 21.6 Å². The van der Waals surface area contributed by atoms with Gasteiger partial charge in [-0.2, -0.15) is 0 Å². The van der Waals surface area contributed by atoms with Crippen LogP contribution < -0.4 is 0 Å². The van der Waals surface area contributed by atoms with Crippen LogP contribution in [0.3, 0.4) is 0 Å². The van der Waals surface area contributed by atoms with Crippen molar-refractivity contribution in [2.75, 3.05) is 0 Å². The lowest BCUT2D eigenvalue weighted by molar-refractivity contribution is 0.783. The molecule has 1 unspecified atom stereocenters. The smallest absolute Gasteiger partial charge is 0.0234 e. The summed E-state index contributed by atoms with van der Waals surface area (Å²) in [6, 6.07) is 8.89. The molecule has 77 valence electrons. The van der Waals surface area contributed by atoms with Crippen LogP contribution >= 0.6 is 22.7 Å². The van der Waals surface area contributed by atoms with Crippen molar-refractivity contribution in [3.8, 4) is 0 Å². The first-order chi connectivity index (χ1) is 7.45. The number of rotatable bonds is 2. The SMILES string of the molecule is c1csc([C]2CCCC2c2cccs2)c1. The molecule has 0 aromatic carbocycles. The monoisotopic (exact) mass is 233 g/mol. The van der Waals surface area contributed by atoms with Crippen LogP contribution in [0.2, 0.25) is 0 Å². The van der Waals surface area contributed by atoms with Gasteiger partial charge in [-0.15, -0.1) is 22.7 Å². The maximum absolute atomic E-state index is 2.29. The van der Waals surface area contributed by atoms with Crippen molar-refractivity contribution in [3.63, 3.8) is 0 Å². The fraction of sp³-hybridized carbons (Fsp3) is 0.308. The highest BCUT2D eigenvalue weighted by molar-refractivity contribution is 7.10. The second kappa shape index (κ2) is 4.11. The molecule has 15 heavy (non-hydrogen) atoms. The van der Waals surface area contributed by atoms with E-state index in [1.807, 2.05) is 22.7 Å². The minimum atomic E-state index is 0.712. The summed E-state index contributed by atoms with van der Waals surface area (Å²) in [5.74, 6) is 2.39. The van der Waals surface area contributed by atoms with Gasteiger partial charge in [0.15, 0.2) is 0 Å². The second-order valence-corrected chi connectivity index (χ2v) is 5.89. The Morgan fingerprint density at radius 1 is 1.07 bits per heavy atom. The quantitative estimate of drug-likeness (QED) is 0.705. The molecule has 1 radical (unpaired) electrons. The Morgan fingerprint density at radius 3 is 2.67 bits per heavy atom. The molecular weight excluding hydrogens is 220 g/mol. The molecule has 1 aliphatic carbocycles. The average Bonchev–Trinajstić information content (AvgIpc) is 3.01. The molecule has 3 rings (SSSR count). The zero-order valence-electron chi connectivity index (χ0n) is 8.48. The van der Waals surface area contributed by atoms with E-state index in [2.05, 4.69) is 35.0 Å². The summed E-state index contributed by atoms with van der Waals surface area (Å²) in [7, 11) is 0. The van der Waals surface area contributed by atoms with Gasteiger partial charge in [0.25, 0.3) is 0 Å². The zero-order valence-corrected chi connectivity index (χ0v) is 10.1. The van der Waals surface area contributed by atoms with Gasteiger partial charge in [0.2, 0.25) is 0 Å². The molecular formula is C13H13S2. The van der Waals surface area contributed by atoms with Gasteiger partial charge in [0.1, 0.15) is 0 Å². The maximum atomic E-state index is 2.29. The molecule has 1 saturated carbocycles. The molecule has 2 aromatic heterocycles. The summed E-state index contributed by atoms with van der Waals surface area (Å²) in [5.41, 5.74) is 0. The van der Waals surface area contributed by atoms with Crippen molar-refractivity contribution in [3.05, 3.63) is 50.7 Å². The lowest BCUT2D eigenvalue weighted by Crippen LogP contribution is -2.01. The van der Waals surface area contributed by atoms with Crippen molar-refractivity contribution in [1.29, 1.82) is 0 Å². The summed E-state index contributed by atoms with van der Waals surface area (Å²) in [6.45, 7) is 0. The maximum Gasteiger partial charge on any atom is 0.0234 e. The normalized spacial score (nSPS) is 22.3. The van der Waals surface area contributed by atoms with Gasteiger partial charge < -0.3 is 0 Å². The first-order valence-corrected chi connectivity index (χ1v) is 7.14. The molecule has 2 heteroatoms. The van der Waals surface area contributed by atoms with E-state index in [1.54, 1.807) is 10.8 Å². The van der Waals surface area contributed by atoms with E-state index in [1.165, 1.54) is 24.1 Å². The molecule has 1 fully saturated rings. The molecule has 0 saturated heterocycles. The van der Waals surface area contributed by atoms with Crippen LogP contribution in [-0.4, -0.2) is 0 Å². The third kappa shape index (κ3) is 1.77. The third-order valence-electron chi connectivity index (χ3n) is 3.08. The predicted molar refractivity (Wildman–Crippen MR) is 67.6 cm³/mol. The molecule has 0 amide bonds. The van der Waals surface area contributed by atoms with Crippen molar-refractivity contribution in [2.45, 2.75) is 25.2 Å². The summed E-state index contributed by atoms with van der Waals surface area (Å²) in [4.78, 5) is 3.06. The summed E-state index contributed by atoms with van der Waals surface area (Å²) >= 11 is 3.79. The van der Waals surface area contributed by atoms with E-state index < -0.39 is 0 Å². The average molecular weight is 233 g/mol. The van der Waals surface area contributed by atoms with Crippen LogP contribution in [0.15, 0.2) is 35.0 Å². The van der Waals surface area contributed by atoms with Gasteiger partial charge in [-0.25, -0.2) is 0 Å². The molecule has 0 N–H and O–H groups in total. The number of thiophene rings is 2. The highest BCUT2D eigenvalue weighted by Gasteiger charge is 2.31. The van der Waals surface area contributed by atoms with E-state index >= 15 is 0 Å². The Morgan fingerprint density at radius 2 is 1.93 bits per heavy atom. The van der Waals surface area contributed by atoms with E-state index in [4.69, 9.17) is 0 Å². The lowest BCUT2D eigenvalue weighted by Gasteiger charge is -2.15. The highest BCUT2D eigenvalue weighted by atomic mass is 32.1. The van der Waals surface area contributed by atoms with Crippen LogP contribution in [0.25, 0.3) is 0 Å². The van der Waals surface area contributed by atoms with E-state index in [0.717, 1.165) is 0 Å². The summed E-state index contributed by atoms with van der Waals surface area (Å²) in [5, 5.41) is 4.38. The molecule has 0 bridgehead atoms. The standard InChI is InChI=1S/C13H13S2/c1-4-10(12-6-2-8-14-12)11(5-1)13-7-3-9-15-13/h2-3,6-10H,1,4-5H2. The van der Waals surface area contributed by atoms with Crippen LogP contribution in [0.5, 0.6) is 0 Å². The topological polar surface area (TPSA) is 0 Å². The zero-order chi connectivity index (χ0) is 10.1. The van der Waals surface area contributed by atoms with Gasteiger partial charge in [-0.1, -0.05) is 18.6 Å². The van der Waals surface area contributed by atoms with Crippen molar-refractivity contribution >= 4 is 22.7 Å². The lowest BCUT2D eigenvalue weighted by atomic mass is 9.93. The van der Waals surface area contributed by atoms with Gasteiger partial charge in [-0.3, -0.25) is 0 Å². The highest BCUT2D eigenvalue weighted by Crippen LogP contribution is 2.47. The Bertz CT molecular complexity index is 359. The van der Waals surface area contributed by atoms with Crippen LogP contribution in [0.1, 0.15) is 34.9 Å². The van der Waals surface area contributed by atoms with Crippen molar-refractivity contribution in [1.82, 2.24) is 0 Å². The van der Waals surface area contributed by atoms with Gasteiger partial charge >= 0.3 is 0 Å². The van der Waals surface area contributed by atoms with Crippen LogP contribution in [-0.2, 0) is 0 Å². The third-order valence-corrected chi connectivity index (χ3v) is 5.02. The minimum Gasteiger partial charge on any atom is -0.149 e. The van der Waals surface area contributed by atoms with E-state index in [-0.39, 0.29) is 0 Å². The Balaban J connectivity index is 1.90. The molecule has 1 aliphatic rings. The van der Waals surface area contributed by atoms with Gasteiger partial charge in [0.05, 0.1) is 0 Å². The Hall–Kier alpha value is -0.600. The number of hydrogen-bond donors (Lipinski definition) is 0. The van der Waals surface area contributed by atoms with Crippen molar-refractivity contribution in [2.24, 2.45) is 0 Å². The second-order valence-electron chi connectivity index (χ2n) is 3.96. The van der Waals surface area contributed by atoms with Crippen molar-refractivity contribution < 1.29 is 0 Å².